The van der Waals surface area contributed by atoms with Gasteiger partial charge in [-0.25, -0.2) is 9.59 Å². The van der Waals surface area contributed by atoms with Crippen LogP contribution < -0.4 is 0 Å². The maximum atomic E-state index is 12.6. The van der Waals surface area contributed by atoms with E-state index in [9.17, 15) is 9.59 Å². The number of hydrogen-bond acceptors (Lipinski definition) is 4. The summed E-state index contributed by atoms with van der Waals surface area (Å²) in [6.07, 6.45) is 5.15. The maximum absolute atomic E-state index is 12.6. The first-order chi connectivity index (χ1) is 11.4. The summed E-state index contributed by atoms with van der Waals surface area (Å²) >= 11 is 0. The third-order valence-corrected chi connectivity index (χ3v) is 4.40. The van der Waals surface area contributed by atoms with Crippen molar-refractivity contribution in [3.63, 3.8) is 0 Å². The Balaban J connectivity index is 5.61. The van der Waals surface area contributed by atoms with Gasteiger partial charge in [0.2, 0.25) is 0 Å². The molecule has 0 fully saturated rings. The van der Waals surface area contributed by atoms with Crippen LogP contribution in [0.4, 0.5) is 0 Å². The summed E-state index contributed by atoms with van der Waals surface area (Å²) in [6, 6.07) is 0. The number of unbranched alkanes of at least 4 members (excludes halogenated alkanes) is 2. The molecule has 2 atom stereocenters. The van der Waals surface area contributed by atoms with Gasteiger partial charge in [-0.2, -0.15) is 0 Å². The summed E-state index contributed by atoms with van der Waals surface area (Å²) in [6.45, 7) is 12.9. The first kappa shape index (κ1) is 22.7. The number of ether oxygens (including phenoxy) is 2. The second kappa shape index (κ2) is 13.0. The van der Waals surface area contributed by atoms with Crippen LogP contribution >= 0.6 is 0 Å². The van der Waals surface area contributed by atoms with Crippen molar-refractivity contribution in [2.24, 2.45) is 11.8 Å². The lowest BCUT2D eigenvalue weighted by Crippen LogP contribution is -2.24. The molecule has 0 aromatic rings. The normalized spacial score (nSPS) is 14.6. The zero-order valence-electron chi connectivity index (χ0n) is 16.4. The molecule has 0 aliphatic carbocycles. The van der Waals surface area contributed by atoms with Crippen molar-refractivity contribution in [3.8, 4) is 0 Å². The Hall–Kier alpha value is -1.32. The van der Waals surface area contributed by atoms with E-state index in [0.29, 0.717) is 24.4 Å². The summed E-state index contributed by atoms with van der Waals surface area (Å²) in [5, 5.41) is 0. The number of esters is 2. The average molecular weight is 341 g/mol. The van der Waals surface area contributed by atoms with Crippen molar-refractivity contribution < 1.29 is 19.1 Å². The van der Waals surface area contributed by atoms with E-state index in [1.54, 1.807) is 0 Å². The fraction of sp³-hybridized carbons (Fsp3) is 0.800. The SMILES string of the molecule is CCCCOC(=O)/C(=C(\C(=O)OCCCC)C(C)CC)C(C)CC. The first-order valence-corrected chi connectivity index (χ1v) is 9.52. The molecule has 0 aromatic carbocycles. The Morgan fingerprint density at radius 1 is 0.708 bits per heavy atom. The van der Waals surface area contributed by atoms with Crippen molar-refractivity contribution in [1.82, 2.24) is 0 Å². The van der Waals surface area contributed by atoms with E-state index in [2.05, 4.69) is 13.8 Å². The van der Waals surface area contributed by atoms with Gasteiger partial charge in [-0.3, -0.25) is 0 Å². The van der Waals surface area contributed by atoms with Gasteiger partial charge in [-0.15, -0.1) is 0 Å². The third-order valence-electron chi connectivity index (χ3n) is 4.40. The number of carbonyl (C=O) groups is 2. The molecule has 0 aliphatic heterocycles. The highest BCUT2D eigenvalue weighted by atomic mass is 16.5. The zero-order chi connectivity index (χ0) is 18.5. The van der Waals surface area contributed by atoms with Gasteiger partial charge < -0.3 is 9.47 Å². The molecule has 4 nitrogen and oxygen atoms in total. The lowest BCUT2D eigenvalue weighted by Gasteiger charge is -2.22. The van der Waals surface area contributed by atoms with E-state index in [1.807, 2.05) is 27.7 Å². The van der Waals surface area contributed by atoms with Crippen molar-refractivity contribution in [2.45, 2.75) is 80.1 Å². The molecule has 0 spiro atoms. The average Bonchev–Trinajstić information content (AvgIpc) is 2.58. The molecule has 2 unspecified atom stereocenters. The molecule has 0 amide bonds. The number of hydrogen-bond donors (Lipinski definition) is 0. The fourth-order valence-electron chi connectivity index (χ4n) is 2.34. The third kappa shape index (κ3) is 7.50. The van der Waals surface area contributed by atoms with E-state index in [1.165, 1.54) is 0 Å². The predicted octanol–water partition coefficient (Wildman–Crippen LogP) is 5.06. The standard InChI is InChI=1S/C20H36O4/c1-7-11-13-23-19(21)17(15(5)9-3)18(16(6)10-4)20(22)24-14-12-8-2/h15-16H,7-14H2,1-6H3/b18-17-. The molecule has 0 aliphatic rings. The zero-order valence-corrected chi connectivity index (χ0v) is 16.4. The predicted molar refractivity (Wildman–Crippen MR) is 97.7 cm³/mol. The minimum Gasteiger partial charge on any atom is -0.462 e. The molecule has 4 heteroatoms. The van der Waals surface area contributed by atoms with Crippen LogP contribution in [0.1, 0.15) is 80.1 Å². The Morgan fingerprint density at radius 3 is 1.29 bits per heavy atom. The van der Waals surface area contributed by atoms with Gasteiger partial charge in [-0.05, 0) is 37.5 Å². The highest BCUT2D eigenvalue weighted by Crippen LogP contribution is 2.28. The minimum atomic E-state index is -0.361. The molecule has 0 aromatic heterocycles. The van der Waals surface area contributed by atoms with E-state index in [4.69, 9.17) is 9.47 Å². The quantitative estimate of drug-likeness (QED) is 0.283. The molecule has 0 saturated heterocycles. The van der Waals surface area contributed by atoms with Crippen molar-refractivity contribution in [1.29, 1.82) is 0 Å². The van der Waals surface area contributed by atoms with Crippen LogP contribution in [-0.4, -0.2) is 25.2 Å². The Kier molecular flexibility index (Phi) is 12.3. The van der Waals surface area contributed by atoms with E-state index in [-0.39, 0.29) is 23.8 Å². The van der Waals surface area contributed by atoms with Crippen molar-refractivity contribution in [2.75, 3.05) is 13.2 Å². The molecular weight excluding hydrogens is 304 g/mol. The highest BCUT2D eigenvalue weighted by Gasteiger charge is 2.29. The van der Waals surface area contributed by atoms with Gasteiger partial charge in [-0.1, -0.05) is 54.4 Å². The molecule has 0 heterocycles. The molecular formula is C20H36O4. The van der Waals surface area contributed by atoms with Gasteiger partial charge in [0, 0.05) is 0 Å². The van der Waals surface area contributed by atoms with Crippen LogP contribution in [-0.2, 0) is 19.1 Å². The van der Waals surface area contributed by atoms with Crippen molar-refractivity contribution >= 4 is 11.9 Å². The monoisotopic (exact) mass is 340 g/mol. The lowest BCUT2D eigenvalue weighted by molar-refractivity contribution is -0.143. The Morgan fingerprint density at radius 2 is 1.04 bits per heavy atom. The molecule has 0 bridgehead atoms. The molecule has 0 N–H and O–H groups in total. The van der Waals surface area contributed by atoms with Gasteiger partial charge in [0.1, 0.15) is 0 Å². The summed E-state index contributed by atoms with van der Waals surface area (Å²) in [5.74, 6) is -0.773. The molecule has 0 saturated carbocycles. The van der Waals surface area contributed by atoms with Gasteiger partial charge in [0.25, 0.3) is 0 Å². The molecule has 0 rings (SSSR count). The van der Waals surface area contributed by atoms with E-state index < -0.39 is 0 Å². The molecule has 24 heavy (non-hydrogen) atoms. The second-order valence-corrected chi connectivity index (χ2v) is 6.42. The molecule has 0 radical (unpaired) electrons. The summed E-state index contributed by atoms with van der Waals surface area (Å²) in [4.78, 5) is 25.3. The lowest BCUT2D eigenvalue weighted by atomic mass is 9.86. The fourth-order valence-corrected chi connectivity index (χ4v) is 2.34. The largest absolute Gasteiger partial charge is 0.462 e. The number of carbonyl (C=O) groups excluding carboxylic acids is 2. The van der Waals surface area contributed by atoms with Crippen LogP contribution in [0.15, 0.2) is 11.1 Å². The van der Waals surface area contributed by atoms with Gasteiger partial charge >= 0.3 is 11.9 Å². The second-order valence-electron chi connectivity index (χ2n) is 6.42. The highest BCUT2D eigenvalue weighted by molar-refractivity contribution is 6.01. The topological polar surface area (TPSA) is 52.6 Å². The summed E-state index contributed by atoms with van der Waals surface area (Å²) in [7, 11) is 0. The molecule has 140 valence electrons. The Bertz CT molecular complexity index is 374. The van der Waals surface area contributed by atoms with Crippen LogP contribution in [0.25, 0.3) is 0 Å². The van der Waals surface area contributed by atoms with E-state index >= 15 is 0 Å². The van der Waals surface area contributed by atoms with Gasteiger partial charge in [0.05, 0.1) is 24.4 Å². The van der Waals surface area contributed by atoms with Crippen LogP contribution in [0.2, 0.25) is 0 Å². The van der Waals surface area contributed by atoms with Gasteiger partial charge in [0.15, 0.2) is 0 Å². The minimum absolute atomic E-state index is 0.0261. The number of rotatable bonds is 12. The summed E-state index contributed by atoms with van der Waals surface area (Å²) in [5.41, 5.74) is 1.01. The summed E-state index contributed by atoms with van der Waals surface area (Å²) < 4.78 is 10.8. The first-order valence-electron chi connectivity index (χ1n) is 9.52. The smallest absolute Gasteiger partial charge is 0.334 e. The van der Waals surface area contributed by atoms with E-state index in [0.717, 1.165) is 38.5 Å². The van der Waals surface area contributed by atoms with Crippen LogP contribution in [0.3, 0.4) is 0 Å². The van der Waals surface area contributed by atoms with Crippen molar-refractivity contribution in [3.05, 3.63) is 11.1 Å². The van der Waals surface area contributed by atoms with Crippen LogP contribution in [0.5, 0.6) is 0 Å². The maximum Gasteiger partial charge on any atom is 0.334 e. The van der Waals surface area contributed by atoms with Crippen LogP contribution in [0, 0.1) is 11.8 Å². The Labute approximate surface area is 148 Å².